The lowest BCUT2D eigenvalue weighted by Crippen LogP contribution is -2.22. The number of nitriles is 1. The first-order valence-corrected chi connectivity index (χ1v) is 7.06. The number of nitrogens with zero attached hydrogens (tertiary/aromatic N) is 2. The molecule has 0 aliphatic rings. The average molecular weight is 275 g/mol. The van der Waals surface area contributed by atoms with Crippen LogP contribution in [0.1, 0.15) is 51.4 Å². The van der Waals surface area contributed by atoms with E-state index in [0.717, 1.165) is 17.8 Å². The van der Waals surface area contributed by atoms with Crippen molar-refractivity contribution in [3.8, 4) is 6.07 Å². The van der Waals surface area contributed by atoms with Crippen LogP contribution >= 0.6 is 0 Å². The fourth-order valence-corrected chi connectivity index (χ4v) is 1.89. The van der Waals surface area contributed by atoms with E-state index >= 15 is 0 Å². The third-order valence-corrected chi connectivity index (χ3v) is 2.83. The quantitative estimate of drug-likeness (QED) is 0.811. The number of pyridine rings is 1. The van der Waals surface area contributed by atoms with Gasteiger partial charge in [-0.05, 0) is 25.5 Å². The van der Waals surface area contributed by atoms with Crippen LogP contribution in [-0.4, -0.2) is 24.2 Å². The van der Waals surface area contributed by atoms with Gasteiger partial charge < -0.3 is 10.1 Å². The zero-order valence-corrected chi connectivity index (χ0v) is 13.2. The molecule has 0 aromatic carbocycles. The molecule has 0 unspecified atom stereocenters. The Morgan fingerprint density at radius 3 is 2.65 bits per heavy atom. The molecule has 4 heteroatoms. The molecule has 0 fully saturated rings. The summed E-state index contributed by atoms with van der Waals surface area (Å²) in [6.45, 7) is 12.4. The second-order valence-corrected chi connectivity index (χ2v) is 6.20. The Bertz CT molecular complexity index is 470. The van der Waals surface area contributed by atoms with Crippen LogP contribution in [0.15, 0.2) is 12.3 Å². The monoisotopic (exact) mass is 275 g/mol. The van der Waals surface area contributed by atoms with E-state index in [2.05, 4.69) is 37.1 Å². The van der Waals surface area contributed by atoms with Gasteiger partial charge in [0.15, 0.2) is 0 Å². The predicted octanol–water partition coefficient (Wildman–Crippen LogP) is 2.77. The summed E-state index contributed by atoms with van der Waals surface area (Å²) in [7, 11) is 0. The van der Waals surface area contributed by atoms with Crippen LogP contribution in [0, 0.1) is 11.3 Å². The molecule has 110 valence electrons. The number of hydrogen-bond donors (Lipinski definition) is 1. The molecule has 0 atom stereocenters. The standard InChI is InChI=1S/C16H25N3O/c1-12(2)20-7-6-18-10-13-8-14(9-17)15(19-11-13)16(3,4)5/h8,11-12,18H,6-7,10H2,1-5H3. The molecule has 20 heavy (non-hydrogen) atoms. The highest BCUT2D eigenvalue weighted by atomic mass is 16.5. The highest BCUT2D eigenvalue weighted by Crippen LogP contribution is 2.23. The van der Waals surface area contributed by atoms with Gasteiger partial charge in [-0.15, -0.1) is 0 Å². The van der Waals surface area contributed by atoms with E-state index in [1.54, 1.807) is 0 Å². The summed E-state index contributed by atoms with van der Waals surface area (Å²) in [5.41, 5.74) is 2.43. The lowest BCUT2D eigenvalue weighted by atomic mass is 9.88. The van der Waals surface area contributed by atoms with E-state index in [9.17, 15) is 5.26 Å². The van der Waals surface area contributed by atoms with E-state index in [4.69, 9.17) is 4.74 Å². The molecule has 0 aliphatic carbocycles. The summed E-state index contributed by atoms with van der Waals surface area (Å²) in [6, 6.07) is 4.16. The van der Waals surface area contributed by atoms with Gasteiger partial charge in [0.05, 0.1) is 24.0 Å². The van der Waals surface area contributed by atoms with Gasteiger partial charge in [-0.25, -0.2) is 0 Å². The molecule has 0 saturated carbocycles. The molecular weight excluding hydrogens is 250 g/mol. The maximum Gasteiger partial charge on any atom is 0.101 e. The Morgan fingerprint density at radius 1 is 1.40 bits per heavy atom. The number of ether oxygens (including phenoxy) is 1. The third-order valence-electron chi connectivity index (χ3n) is 2.83. The zero-order chi connectivity index (χ0) is 15.2. The summed E-state index contributed by atoms with van der Waals surface area (Å²) in [6.07, 6.45) is 2.10. The number of aromatic nitrogens is 1. The van der Waals surface area contributed by atoms with E-state index in [1.165, 1.54) is 0 Å². The molecule has 1 heterocycles. The molecule has 0 amide bonds. The summed E-state index contributed by atoms with van der Waals surface area (Å²) < 4.78 is 5.46. The molecule has 1 N–H and O–H groups in total. The van der Waals surface area contributed by atoms with Crippen molar-refractivity contribution >= 4 is 0 Å². The van der Waals surface area contributed by atoms with E-state index < -0.39 is 0 Å². The van der Waals surface area contributed by atoms with Crippen molar-refractivity contribution in [1.82, 2.24) is 10.3 Å². The van der Waals surface area contributed by atoms with Gasteiger partial charge in [0.25, 0.3) is 0 Å². The minimum atomic E-state index is -0.109. The third kappa shape index (κ3) is 5.28. The minimum absolute atomic E-state index is 0.109. The molecule has 0 bridgehead atoms. The molecule has 1 aromatic rings. The fraction of sp³-hybridized carbons (Fsp3) is 0.625. The first-order chi connectivity index (χ1) is 9.34. The molecule has 1 aromatic heterocycles. The van der Waals surface area contributed by atoms with Crippen LogP contribution < -0.4 is 5.32 Å². The van der Waals surface area contributed by atoms with Crippen molar-refractivity contribution in [2.45, 2.75) is 52.7 Å². The van der Waals surface area contributed by atoms with Crippen molar-refractivity contribution in [2.24, 2.45) is 0 Å². The topological polar surface area (TPSA) is 57.9 Å². The number of hydrogen-bond acceptors (Lipinski definition) is 4. The van der Waals surface area contributed by atoms with Crippen molar-refractivity contribution in [3.63, 3.8) is 0 Å². The number of rotatable bonds is 6. The lowest BCUT2D eigenvalue weighted by molar-refractivity contribution is 0.0807. The summed E-state index contributed by atoms with van der Waals surface area (Å²) >= 11 is 0. The van der Waals surface area contributed by atoms with Gasteiger partial charge in [0, 0.05) is 24.7 Å². The molecule has 0 radical (unpaired) electrons. The maximum atomic E-state index is 9.25. The highest BCUT2D eigenvalue weighted by molar-refractivity contribution is 5.39. The van der Waals surface area contributed by atoms with Crippen LogP contribution in [0.25, 0.3) is 0 Å². The Balaban J connectivity index is 2.59. The highest BCUT2D eigenvalue weighted by Gasteiger charge is 2.19. The van der Waals surface area contributed by atoms with E-state index in [-0.39, 0.29) is 11.5 Å². The largest absolute Gasteiger partial charge is 0.377 e. The predicted molar refractivity (Wildman–Crippen MR) is 80.4 cm³/mol. The van der Waals surface area contributed by atoms with Gasteiger partial charge >= 0.3 is 0 Å². The SMILES string of the molecule is CC(C)OCCNCc1cnc(C(C)(C)C)c(C#N)c1. The van der Waals surface area contributed by atoms with Crippen LogP contribution in [0.4, 0.5) is 0 Å². The molecule has 0 spiro atoms. The molecule has 0 aliphatic heterocycles. The van der Waals surface area contributed by atoms with E-state index in [0.29, 0.717) is 18.7 Å². The Morgan fingerprint density at radius 2 is 2.10 bits per heavy atom. The first kappa shape index (κ1) is 16.6. The van der Waals surface area contributed by atoms with Crippen molar-refractivity contribution in [2.75, 3.05) is 13.2 Å². The van der Waals surface area contributed by atoms with Gasteiger partial charge in [0.1, 0.15) is 6.07 Å². The summed E-state index contributed by atoms with van der Waals surface area (Å²) in [5.74, 6) is 0. The molecule has 1 rings (SSSR count). The van der Waals surface area contributed by atoms with Gasteiger partial charge in [0.2, 0.25) is 0 Å². The Kier molecular flexibility index (Phi) is 6.12. The average Bonchev–Trinajstić information content (AvgIpc) is 2.36. The molecule has 4 nitrogen and oxygen atoms in total. The van der Waals surface area contributed by atoms with Crippen molar-refractivity contribution in [3.05, 3.63) is 29.1 Å². The van der Waals surface area contributed by atoms with Crippen LogP contribution in [0.5, 0.6) is 0 Å². The lowest BCUT2D eigenvalue weighted by Gasteiger charge is -2.19. The van der Waals surface area contributed by atoms with Crippen molar-refractivity contribution in [1.29, 1.82) is 5.26 Å². The van der Waals surface area contributed by atoms with E-state index in [1.807, 2.05) is 26.1 Å². The maximum absolute atomic E-state index is 9.25. The van der Waals surface area contributed by atoms with Gasteiger partial charge in [-0.2, -0.15) is 5.26 Å². The fourth-order valence-electron chi connectivity index (χ4n) is 1.89. The number of nitrogens with one attached hydrogen (secondary N) is 1. The first-order valence-electron chi connectivity index (χ1n) is 7.06. The summed E-state index contributed by atoms with van der Waals surface area (Å²) in [4.78, 5) is 4.45. The molecular formula is C16H25N3O. The summed E-state index contributed by atoms with van der Waals surface area (Å²) in [5, 5.41) is 12.5. The smallest absolute Gasteiger partial charge is 0.101 e. The zero-order valence-electron chi connectivity index (χ0n) is 13.2. The minimum Gasteiger partial charge on any atom is -0.377 e. The van der Waals surface area contributed by atoms with Gasteiger partial charge in [-0.3, -0.25) is 4.98 Å². The van der Waals surface area contributed by atoms with Gasteiger partial charge in [-0.1, -0.05) is 20.8 Å². The second-order valence-electron chi connectivity index (χ2n) is 6.20. The Hall–Kier alpha value is -1.44. The molecule has 0 saturated heterocycles. The van der Waals surface area contributed by atoms with Crippen LogP contribution in [-0.2, 0) is 16.7 Å². The second kappa shape index (κ2) is 7.37. The normalized spacial score (nSPS) is 11.7. The Labute approximate surface area is 122 Å². The van der Waals surface area contributed by atoms with Crippen LogP contribution in [0.3, 0.4) is 0 Å². The van der Waals surface area contributed by atoms with Crippen LogP contribution in [0.2, 0.25) is 0 Å². The van der Waals surface area contributed by atoms with Crippen molar-refractivity contribution < 1.29 is 4.74 Å².